The van der Waals surface area contributed by atoms with E-state index in [9.17, 15) is 24.2 Å². The second-order valence-corrected chi connectivity index (χ2v) is 13.3. The number of para-hydroxylation sites is 1. The predicted molar refractivity (Wildman–Crippen MR) is 178 cm³/mol. The van der Waals surface area contributed by atoms with Gasteiger partial charge in [-0.05, 0) is 37.1 Å². The Morgan fingerprint density at radius 3 is 2.40 bits per heavy atom. The van der Waals surface area contributed by atoms with Crippen LogP contribution in [0.1, 0.15) is 72.1 Å². The highest BCUT2D eigenvalue weighted by atomic mass is 31.2. The average molecular weight is 715 g/mol. The van der Waals surface area contributed by atoms with E-state index in [0.717, 1.165) is 12.8 Å². The summed E-state index contributed by atoms with van der Waals surface area (Å²) in [5, 5.41) is 17.6. The quantitative estimate of drug-likeness (QED) is 0.112. The lowest BCUT2D eigenvalue weighted by Crippen LogP contribution is -2.49. The van der Waals surface area contributed by atoms with Crippen LogP contribution >= 0.6 is 7.75 Å². The van der Waals surface area contributed by atoms with Gasteiger partial charge in [0.15, 0.2) is 18.0 Å². The van der Waals surface area contributed by atoms with E-state index >= 15 is 0 Å². The maximum Gasteiger partial charge on any atom is 0.459 e. The van der Waals surface area contributed by atoms with Gasteiger partial charge in [-0.1, -0.05) is 58.7 Å². The van der Waals surface area contributed by atoms with Gasteiger partial charge >= 0.3 is 25.7 Å². The summed E-state index contributed by atoms with van der Waals surface area (Å²) < 4.78 is 50.8. The molecule has 17 heteroatoms. The number of fused-ring (bicyclic) bond motifs is 1. The van der Waals surface area contributed by atoms with Gasteiger partial charge in [0.25, 0.3) is 0 Å². The second kappa shape index (κ2) is 16.9. The van der Waals surface area contributed by atoms with Gasteiger partial charge in [0, 0.05) is 12.8 Å². The Morgan fingerprint density at radius 2 is 1.76 bits per heavy atom. The van der Waals surface area contributed by atoms with Crippen LogP contribution in [0.3, 0.4) is 0 Å². The van der Waals surface area contributed by atoms with Crippen molar-refractivity contribution in [2.45, 2.75) is 90.3 Å². The fraction of sp³-hybridized carbons (Fsp3) is 0.515. The minimum atomic E-state index is -4.54. The SMILES string of the molecule is CCC(=O)O[C@H]1[C@H](c2ccc3c(N)ncnn23)O[C@](C#N)(CO[P@@](=O)(N[C@@H](C)C(=O)OCC(CC)CC)Oc2ccccc2)[C@H]1OC(=O)CC. The number of anilines is 1. The first-order chi connectivity index (χ1) is 23.9. The molecule has 1 aliphatic heterocycles. The molecule has 3 aromatic rings. The van der Waals surface area contributed by atoms with Gasteiger partial charge in [-0.3, -0.25) is 18.9 Å². The molecular weight excluding hydrogens is 671 g/mol. The molecule has 1 saturated heterocycles. The van der Waals surface area contributed by atoms with Crippen LogP contribution in [0.5, 0.6) is 5.75 Å². The van der Waals surface area contributed by atoms with E-state index in [1.54, 1.807) is 44.2 Å². The third-order valence-electron chi connectivity index (χ3n) is 8.23. The van der Waals surface area contributed by atoms with E-state index in [4.69, 9.17) is 33.7 Å². The van der Waals surface area contributed by atoms with Gasteiger partial charge in [0.2, 0.25) is 5.60 Å². The van der Waals surface area contributed by atoms with Crippen molar-refractivity contribution in [2.24, 2.45) is 5.92 Å². The summed E-state index contributed by atoms with van der Waals surface area (Å²) in [6.07, 6.45) is -1.56. The molecule has 0 unspecified atom stereocenters. The number of nitrogens with zero attached hydrogens (tertiary/aromatic N) is 4. The number of hydrogen-bond donors (Lipinski definition) is 2. The molecule has 3 heterocycles. The Bertz CT molecular complexity index is 1730. The molecule has 16 nitrogen and oxygen atoms in total. The molecule has 0 bridgehead atoms. The predicted octanol–water partition coefficient (Wildman–Crippen LogP) is 4.45. The summed E-state index contributed by atoms with van der Waals surface area (Å²) in [6, 6.07) is 12.1. The molecule has 3 N–H and O–H groups in total. The molecule has 0 aliphatic carbocycles. The van der Waals surface area contributed by atoms with Gasteiger partial charge in [0.05, 0.1) is 12.3 Å². The lowest BCUT2D eigenvalue weighted by molar-refractivity contribution is -0.169. The molecule has 1 aromatic carbocycles. The molecule has 270 valence electrons. The number of aromatic nitrogens is 3. The molecule has 4 rings (SSSR count). The van der Waals surface area contributed by atoms with E-state index in [1.165, 1.54) is 29.9 Å². The van der Waals surface area contributed by atoms with Crippen LogP contribution in [-0.4, -0.2) is 69.6 Å². The van der Waals surface area contributed by atoms with Gasteiger partial charge in [-0.25, -0.2) is 14.1 Å². The zero-order chi connectivity index (χ0) is 36.5. The van der Waals surface area contributed by atoms with E-state index in [1.807, 2.05) is 19.9 Å². The van der Waals surface area contributed by atoms with Crippen LogP contribution in [0.4, 0.5) is 5.82 Å². The Hall–Kier alpha value is -4.55. The van der Waals surface area contributed by atoms with Crippen LogP contribution in [0, 0.1) is 17.2 Å². The smallest absolute Gasteiger partial charge is 0.459 e. The number of nitrogen functional groups attached to an aromatic ring is 1. The first kappa shape index (κ1) is 38.3. The normalized spacial score (nSPS) is 22.0. The molecule has 1 aliphatic rings. The molecule has 2 aromatic heterocycles. The molecule has 0 radical (unpaired) electrons. The molecule has 6 atom stereocenters. The summed E-state index contributed by atoms with van der Waals surface area (Å²) >= 11 is 0. The van der Waals surface area contributed by atoms with Crippen LogP contribution in [0.15, 0.2) is 48.8 Å². The maximum atomic E-state index is 14.4. The summed E-state index contributed by atoms with van der Waals surface area (Å²) in [5.41, 5.74) is 4.49. The fourth-order valence-corrected chi connectivity index (χ4v) is 6.74. The number of rotatable bonds is 17. The van der Waals surface area contributed by atoms with Crippen molar-refractivity contribution < 1.29 is 46.9 Å². The van der Waals surface area contributed by atoms with Crippen LogP contribution in [0.2, 0.25) is 0 Å². The lowest BCUT2D eigenvalue weighted by atomic mass is 9.95. The highest BCUT2D eigenvalue weighted by Gasteiger charge is 2.62. The molecular formula is C33H43N6O10P. The lowest BCUT2D eigenvalue weighted by Gasteiger charge is -2.30. The van der Waals surface area contributed by atoms with Crippen molar-refractivity contribution in [3.63, 3.8) is 0 Å². The first-order valence-corrected chi connectivity index (χ1v) is 18.0. The number of nitriles is 1. The number of hydrogen-bond acceptors (Lipinski definition) is 14. The molecule has 0 amide bonds. The summed E-state index contributed by atoms with van der Waals surface area (Å²) in [4.78, 5) is 42.5. The second-order valence-electron chi connectivity index (χ2n) is 11.7. The number of carbonyl (C=O) groups excluding carboxylic acids is 3. The summed E-state index contributed by atoms with van der Waals surface area (Å²) in [5.74, 6) is -1.70. The van der Waals surface area contributed by atoms with Crippen molar-refractivity contribution in [3.8, 4) is 11.8 Å². The molecule has 50 heavy (non-hydrogen) atoms. The standard InChI is InChI=1S/C33H43N6O10P/c1-6-22(7-2)17-44-32(42)21(5)38-50(43,49-23-13-11-10-12-14-23)45-19-33(18-34)30(47-27(41)9-4)29(46-26(40)8-3)28(48-33)24-15-16-25-31(35)36-20-37-39(24)25/h10-16,20-22,28-30H,6-9,17,19H2,1-5H3,(H,38,43)(H2,35,36,37)/t21-,28-,29-,30-,33+,50-/m0/s1. The van der Waals surface area contributed by atoms with Crippen molar-refractivity contribution in [2.75, 3.05) is 18.9 Å². The van der Waals surface area contributed by atoms with Crippen molar-refractivity contribution in [1.82, 2.24) is 19.7 Å². The number of nitrogens with two attached hydrogens (primary N) is 1. The zero-order valence-corrected chi connectivity index (χ0v) is 29.5. The van der Waals surface area contributed by atoms with Crippen molar-refractivity contribution in [3.05, 3.63) is 54.5 Å². The summed E-state index contributed by atoms with van der Waals surface area (Å²) in [7, 11) is -4.54. The van der Waals surface area contributed by atoms with E-state index < -0.39 is 62.2 Å². The van der Waals surface area contributed by atoms with Crippen LogP contribution in [0.25, 0.3) is 5.52 Å². The van der Waals surface area contributed by atoms with E-state index in [2.05, 4.69) is 15.2 Å². The third kappa shape index (κ3) is 8.78. The molecule has 0 spiro atoms. The number of carbonyl (C=O) groups is 3. The third-order valence-corrected chi connectivity index (χ3v) is 9.85. The van der Waals surface area contributed by atoms with E-state index in [0.29, 0.717) is 5.52 Å². The number of esters is 3. The fourth-order valence-electron chi connectivity index (χ4n) is 5.22. The van der Waals surface area contributed by atoms with Gasteiger partial charge in [-0.15, -0.1) is 0 Å². The topological polar surface area (TPSA) is 216 Å². The van der Waals surface area contributed by atoms with Crippen LogP contribution < -0.4 is 15.3 Å². The zero-order valence-electron chi connectivity index (χ0n) is 28.6. The highest BCUT2D eigenvalue weighted by Crippen LogP contribution is 2.50. The highest BCUT2D eigenvalue weighted by molar-refractivity contribution is 7.52. The Morgan fingerprint density at radius 1 is 1.08 bits per heavy atom. The largest absolute Gasteiger partial charge is 0.464 e. The first-order valence-electron chi connectivity index (χ1n) is 16.4. The van der Waals surface area contributed by atoms with Gasteiger partial charge < -0.3 is 29.2 Å². The maximum absolute atomic E-state index is 14.4. The van der Waals surface area contributed by atoms with Gasteiger partial charge in [-0.2, -0.15) is 15.4 Å². The summed E-state index contributed by atoms with van der Waals surface area (Å²) in [6.45, 7) is 7.85. The van der Waals surface area contributed by atoms with Crippen molar-refractivity contribution in [1.29, 1.82) is 5.26 Å². The van der Waals surface area contributed by atoms with Crippen LogP contribution in [-0.2, 0) is 42.4 Å². The number of ether oxygens (including phenoxy) is 4. The Labute approximate surface area is 290 Å². The minimum absolute atomic E-state index is 0.0486. The number of benzene rings is 1. The van der Waals surface area contributed by atoms with Gasteiger partial charge in [0.1, 0.15) is 42.4 Å². The molecule has 0 saturated carbocycles. The Balaban J connectivity index is 1.72. The number of nitrogens with one attached hydrogen (secondary N) is 1. The molecule has 1 fully saturated rings. The Kier molecular flexibility index (Phi) is 12.9. The average Bonchev–Trinajstić information content (AvgIpc) is 3.68. The minimum Gasteiger partial charge on any atom is -0.464 e. The monoisotopic (exact) mass is 714 g/mol. The van der Waals surface area contributed by atoms with E-state index in [-0.39, 0.29) is 42.6 Å². The van der Waals surface area contributed by atoms with Crippen molar-refractivity contribution >= 4 is 37.0 Å².